The van der Waals surface area contributed by atoms with Crippen LogP contribution in [0.15, 0.2) is 163 Å². The molecule has 0 fully saturated rings. The van der Waals surface area contributed by atoms with Gasteiger partial charge in [0.1, 0.15) is 11.9 Å². The van der Waals surface area contributed by atoms with Crippen LogP contribution in [0.1, 0.15) is 39.9 Å². The minimum atomic E-state index is -3.12. The molecule has 46 heavy (non-hydrogen) atoms. The predicted molar refractivity (Wildman–Crippen MR) is 187 cm³/mol. The highest BCUT2D eigenvalue weighted by Gasteiger charge is 2.52. The van der Waals surface area contributed by atoms with Crippen LogP contribution in [0.2, 0.25) is 0 Å². The molecule has 6 aromatic rings. The lowest BCUT2D eigenvalue weighted by Crippen LogP contribution is -2.75. The summed E-state index contributed by atoms with van der Waals surface area (Å²) in [5, 5.41) is 25.2. The van der Waals surface area contributed by atoms with Crippen molar-refractivity contribution in [1.82, 2.24) is 0 Å². The van der Waals surface area contributed by atoms with E-state index in [4.69, 9.17) is 4.99 Å². The molecule has 0 amide bonds. The molecule has 0 saturated carbocycles. The number of hydrogen-bond acceptors (Lipinski definition) is 4. The third-order valence-electron chi connectivity index (χ3n) is 9.36. The molecular formula is C41H28N4Si. The summed E-state index contributed by atoms with van der Waals surface area (Å²) in [6, 6.07) is 59.1. The van der Waals surface area contributed by atoms with Gasteiger partial charge in [-0.15, -0.1) is 0 Å². The van der Waals surface area contributed by atoms with Crippen LogP contribution in [-0.2, 0) is 0 Å². The Hall–Kier alpha value is -6.01. The van der Waals surface area contributed by atoms with Gasteiger partial charge in [0.2, 0.25) is 0 Å². The van der Waals surface area contributed by atoms with Crippen LogP contribution in [0.4, 0.5) is 5.69 Å². The zero-order valence-corrected chi connectivity index (χ0v) is 26.0. The summed E-state index contributed by atoms with van der Waals surface area (Å²) in [5.74, 6) is 0.904. The summed E-state index contributed by atoms with van der Waals surface area (Å²) >= 11 is 0. The van der Waals surface area contributed by atoms with Gasteiger partial charge in [-0.25, -0.2) is 0 Å². The number of rotatable bonds is 4. The molecule has 2 heterocycles. The van der Waals surface area contributed by atoms with Crippen molar-refractivity contribution in [2.24, 2.45) is 4.99 Å². The molecule has 2 atom stereocenters. The summed E-state index contributed by atoms with van der Waals surface area (Å²) in [7, 11) is -3.12. The predicted octanol–water partition coefficient (Wildman–Crippen LogP) is 5.87. The van der Waals surface area contributed by atoms with E-state index < -0.39 is 8.07 Å². The molecule has 5 heteroatoms. The van der Waals surface area contributed by atoms with Gasteiger partial charge in [-0.1, -0.05) is 121 Å². The number of hydrogen-bond donors (Lipinski definition) is 0. The van der Waals surface area contributed by atoms with Gasteiger partial charge in [-0.3, -0.25) is 4.99 Å². The van der Waals surface area contributed by atoms with E-state index in [0.717, 1.165) is 38.6 Å². The third kappa shape index (κ3) is 4.14. The van der Waals surface area contributed by atoms with Gasteiger partial charge in [0.05, 0.1) is 29.3 Å². The molecule has 4 nitrogen and oxygen atoms in total. The summed E-state index contributed by atoms with van der Waals surface area (Å²) < 4.78 is 0. The van der Waals surface area contributed by atoms with Crippen LogP contribution in [0, 0.1) is 22.7 Å². The first-order chi connectivity index (χ1) is 22.7. The zero-order chi connectivity index (χ0) is 31.1. The highest BCUT2D eigenvalue weighted by atomic mass is 28.3. The fourth-order valence-electron chi connectivity index (χ4n) is 7.49. The maximum absolute atomic E-state index is 10.3. The Bertz CT molecular complexity index is 2140. The van der Waals surface area contributed by atoms with Crippen LogP contribution in [0.25, 0.3) is 0 Å². The average Bonchev–Trinajstić information content (AvgIpc) is 3.50. The van der Waals surface area contributed by atoms with Crippen molar-refractivity contribution >= 4 is 40.3 Å². The van der Waals surface area contributed by atoms with E-state index in [-0.39, 0.29) is 12.1 Å². The van der Waals surface area contributed by atoms with Gasteiger partial charge in [0, 0.05) is 11.3 Å². The first kappa shape index (κ1) is 27.5. The number of aliphatic imine (C=N–C) groups is 1. The molecule has 2 aliphatic heterocycles. The van der Waals surface area contributed by atoms with Gasteiger partial charge in [-0.05, 0) is 68.3 Å². The maximum atomic E-state index is 10.3. The molecule has 8 rings (SSSR count). The van der Waals surface area contributed by atoms with E-state index in [1.165, 1.54) is 10.4 Å². The number of benzene rings is 6. The lowest BCUT2D eigenvalue weighted by atomic mass is 9.92. The van der Waals surface area contributed by atoms with Crippen LogP contribution < -0.4 is 25.6 Å². The van der Waals surface area contributed by atoms with Gasteiger partial charge in [-0.2, -0.15) is 10.5 Å². The highest BCUT2D eigenvalue weighted by Crippen LogP contribution is 2.47. The van der Waals surface area contributed by atoms with Crippen molar-refractivity contribution in [3.8, 4) is 12.1 Å². The van der Waals surface area contributed by atoms with E-state index in [1.807, 2.05) is 24.3 Å². The van der Waals surface area contributed by atoms with Crippen molar-refractivity contribution in [2.75, 3.05) is 4.90 Å². The Morgan fingerprint density at radius 2 is 1.02 bits per heavy atom. The quantitative estimate of drug-likeness (QED) is 0.237. The fourth-order valence-corrected chi connectivity index (χ4v) is 12.8. The second-order valence-corrected chi connectivity index (χ2v) is 15.5. The topological polar surface area (TPSA) is 63.2 Å². The standard InChI is InChI=1S/C41H28N4Si/c42-27-29-21-23-35-37(25-29)46(33-17-9-3-10-18-33,34-19-11-4-12-20-34)38-26-30(28-43)22-24-36(38)40-39(35)44-41(31-13-5-1-6-14-31)45(40)32-15-7-2-8-16-32/h1-26,39-40H. The summed E-state index contributed by atoms with van der Waals surface area (Å²) in [6.07, 6.45) is 0. The summed E-state index contributed by atoms with van der Waals surface area (Å²) in [4.78, 5) is 7.99. The Labute approximate surface area is 269 Å². The van der Waals surface area contributed by atoms with Crippen molar-refractivity contribution in [1.29, 1.82) is 10.5 Å². The molecule has 0 saturated heterocycles. The van der Waals surface area contributed by atoms with Crippen molar-refractivity contribution in [2.45, 2.75) is 12.1 Å². The minimum absolute atomic E-state index is 0.186. The second-order valence-electron chi connectivity index (χ2n) is 11.7. The molecular weight excluding hydrogens is 577 g/mol. The lowest BCUT2D eigenvalue weighted by molar-refractivity contribution is 0.618. The number of fused-ring (bicyclic) bond motifs is 5. The molecule has 0 N–H and O–H groups in total. The number of nitriles is 2. The van der Waals surface area contributed by atoms with Crippen LogP contribution in [-0.4, -0.2) is 13.9 Å². The van der Waals surface area contributed by atoms with E-state index in [1.54, 1.807) is 0 Å². The minimum Gasteiger partial charge on any atom is -0.316 e. The molecule has 0 bridgehead atoms. The number of nitrogens with zero attached hydrogens (tertiary/aromatic N) is 4. The normalized spacial score (nSPS) is 17.3. The Balaban J connectivity index is 1.57. The molecule has 2 unspecified atom stereocenters. The summed E-state index contributed by atoms with van der Waals surface area (Å²) in [6.45, 7) is 0. The molecule has 0 radical (unpaired) electrons. The largest absolute Gasteiger partial charge is 0.316 e. The first-order valence-electron chi connectivity index (χ1n) is 15.4. The lowest BCUT2D eigenvalue weighted by Gasteiger charge is -2.37. The number of amidine groups is 1. The van der Waals surface area contributed by atoms with E-state index in [2.05, 4.69) is 150 Å². The smallest absolute Gasteiger partial charge is 0.180 e. The van der Waals surface area contributed by atoms with Gasteiger partial charge < -0.3 is 4.90 Å². The van der Waals surface area contributed by atoms with E-state index in [9.17, 15) is 10.5 Å². The van der Waals surface area contributed by atoms with Crippen molar-refractivity contribution in [3.63, 3.8) is 0 Å². The Morgan fingerprint density at radius 3 is 1.57 bits per heavy atom. The van der Waals surface area contributed by atoms with Gasteiger partial charge >= 0.3 is 0 Å². The molecule has 2 aliphatic rings. The van der Waals surface area contributed by atoms with Gasteiger partial charge in [0.15, 0.2) is 8.07 Å². The van der Waals surface area contributed by atoms with Crippen molar-refractivity contribution < 1.29 is 0 Å². The van der Waals surface area contributed by atoms with E-state index in [0.29, 0.717) is 11.1 Å². The summed E-state index contributed by atoms with van der Waals surface area (Å²) in [5.41, 5.74) is 5.59. The number of para-hydroxylation sites is 1. The van der Waals surface area contributed by atoms with Gasteiger partial charge in [0.25, 0.3) is 0 Å². The monoisotopic (exact) mass is 604 g/mol. The third-order valence-corrected chi connectivity index (χ3v) is 14.2. The van der Waals surface area contributed by atoms with Crippen LogP contribution >= 0.6 is 0 Å². The highest BCUT2D eigenvalue weighted by molar-refractivity contribution is 7.20. The fraction of sp³-hybridized carbons (Fsp3) is 0.0488. The Morgan fingerprint density at radius 1 is 0.543 bits per heavy atom. The Kier molecular flexibility index (Phi) is 6.68. The van der Waals surface area contributed by atoms with Crippen LogP contribution in [0.3, 0.4) is 0 Å². The SMILES string of the molecule is N#Cc1ccc2c(c1)[Si](c1ccccc1)(c1ccccc1)c1cc(C#N)ccc1C1C2N=C(c2ccccc2)N1c1ccccc1. The molecule has 6 aromatic carbocycles. The molecule has 0 spiro atoms. The first-order valence-corrected chi connectivity index (χ1v) is 17.4. The molecule has 0 aromatic heterocycles. The average molecular weight is 605 g/mol. The van der Waals surface area contributed by atoms with E-state index >= 15 is 0 Å². The van der Waals surface area contributed by atoms with Crippen molar-refractivity contribution in [3.05, 3.63) is 186 Å². The molecule has 216 valence electrons. The van der Waals surface area contributed by atoms with Crippen LogP contribution in [0.5, 0.6) is 0 Å². The maximum Gasteiger partial charge on any atom is 0.180 e. The number of anilines is 1. The molecule has 0 aliphatic carbocycles. The second kappa shape index (κ2) is 11.2. The zero-order valence-electron chi connectivity index (χ0n) is 25.0.